The number of aliphatic hydroxyl groups excluding tert-OH is 2. The van der Waals surface area contributed by atoms with Crippen LogP contribution in [-0.2, 0) is 55.8 Å². The van der Waals surface area contributed by atoms with Crippen molar-refractivity contribution in [2.45, 2.75) is 347 Å². The van der Waals surface area contributed by atoms with E-state index in [1.165, 1.54) is 96.3 Å². The van der Waals surface area contributed by atoms with Gasteiger partial charge in [-0.1, -0.05) is 302 Å². The molecule has 0 heterocycles. The zero-order valence-corrected chi connectivity index (χ0v) is 66.5. The number of unbranched alkanes of at least 4 members (excludes halogenated alkanes) is 31. The summed E-state index contributed by atoms with van der Waals surface area (Å²) in [6, 6.07) is 0. The predicted octanol–water partition coefficient (Wildman–Crippen LogP) is 23.9. The summed E-state index contributed by atoms with van der Waals surface area (Å²) in [4.78, 5) is 58.7. The number of ether oxygens (including phenoxy) is 3. The monoisotopic (exact) mass is 1490 g/mol. The Morgan fingerprint density at radius 2 is 0.515 bits per heavy atom. The highest BCUT2D eigenvalue weighted by Crippen LogP contribution is 2.45. The van der Waals surface area contributed by atoms with Crippen molar-refractivity contribution in [2.24, 2.45) is 0 Å². The van der Waals surface area contributed by atoms with Crippen LogP contribution in [0.5, 0.6) is 0 Å². The Hall–Kier alpha value is -4.31. The van der Waals surface area contributed by atoms with Gasteiger partial charge in [-0.2, -0.15) is 0 Å². The Balaban J connectivity index is 4.56. The standard InChI is InChI=1S/C85H146O16P2/c1-4-7-10-13-16-19-22-25-28-30-32-34-36-37-38-39-40-41-43-45-46-48-51-53-56-59-62-65-68-71-83(88)95-74-80(86)75-97-102(91,92)98-76-81(87)77-99-103(93,94)100-79-82(101-85(90)73-70-67-64-61-58-55-50-27-24-21-18-15-12-9-6-3)78-96-84(89)72-69-66-63-60-57-54-52-49-47-44-42-35-33-31-29-26-23-20-17-14-11-8-5-2/h7,10,16-17,19-20,25-29,32-35,37-38,40-41,44,47,50,80-82,86-87H,4-6,8-9,11-15,18,21-24,30-31,36,39,42-43,45-46,48-49,51-79H2,1-3H3,(H,91,92)(H,93,94)/b10-7-,19-16-,20-17-,28-25-,29-26-,34-32-,35-33-,38-37-,41-40-,47-44-,50-27-. The fourth-order valence-electron chi connectivity index (χ4n) is 10.7. The molecule has 0 bridgehead atoms. The zero-order valence-electron chi connectivity index (χ0n) is 64.7. The third-order valence-corrected chi connectivity index (χ3v) is 18.7. The van der Waals surface area contributed by atoms with Crippen molar-refractivity contribution in [2.75, 3.05) is 39.6 Å². The van der Waals surface area contributed by atoms with E-state index in [2.05, 4.69) is 154 Å². The Labute approximate surface area is 626 Å². The van der Waals surface area contributed by atoms with Crippen LogP contribution in [0.2, 0.25) is 0 Å². The van der Waals surface area contributed by atoms with Crippen LogP contribution in [-0.4, -0.2) is 95.9 Å². The second kappa shape index (κ2) is 77.3. The first-order valence-corrected chi connectivity index (χ1v) is 43.5. The van der Waals surface area contributed by atoms with Crippen molar-refractivity contribution in [1.29, 1.82) is 0 Å². The van der Waals surface area contributed by atoms with Gasteiger partial charge in [0, 0.05) is 19.3 Å². The lowest BCUT2D eigenvalue weighted by Gasteiger charge is -2.21. The van der Waals surface area contributed by atoms with Gasteiger partial charge in [0.2, 0.25) is 0 Å². The summed E-state index contributed by atoms with van der Waals surface area (Å²) in [6.45, 7) is 2.53. The molecule has 0 aliphatic carbocycles. The molecule has 0 aliphatic rings. The highest BCUT2D eigenvalue weighted by molar-refractivity contribution is 7.47. The molecule has 0 radical (unpaired) electrons. The van der Waals surface area contributed by atoms with Crippen molar-refractivity contribution >= 4 is 33.6 Å². The number of allylic oxidation sites excluding steroid dienone is 22. The van der Waals surface area contributed by atoms with E-state index in [4.69, 9.17) is 32.3 Å². The Bertz CT molecular complexity index is 2410. The fraction of sp³-hybridized carbons (Fsp3) is 0.706. The van der Waals surface area contributed by atoms with Gasteiger partial charge in [-0.15, -0.1) is 0 Å². The van der Waals surface area contributed by atoms with Crippen LogP contribution >= 0.6 is 15.6 Å². The first kappa shape index (κ1) is 98.7. The summed E-state index contributed by atoms with van der Waals surface area (Å²) in [7, 11) is -9.80. The maximum absolute atomic E-state index is 13.0. The Morgan fingerprint density at radius 3 is 0.845 bits per heavy atom. The number of carbonyl (C=O) groups is 3. The average Bonchev–Trinajstić information content (AvgIpc) is 0.915. The third kappa shape index (κ3) is 78.6. The lowest BCUT2D eigenvalue weighted by atomic mass is 10.1. The highest BCUT2D eigenvalue weighted by Gasteiger charge is 2.29. The molecule has 16 nitrogen and oxygen atoms in total. The number of phosphoric ester groups is 2. The maximum Gasteiger partial charge on any atom is 0.472 e. The molecule has 4 N–H and O–H groups in total. The molecule has 5 unspecified atom stereocenters. The second-order valence-electron chi connectivity index (χ2n) is 26.8. The van der Waals surface area contributed by atoms with Gasteiger partial charge in [-0.25, -0.2) is 9.13 Å². The van der Waals surface area contributed by atoms with Gasteiger partial charge in [0.15, 0.2) is 6.10 Å². The molecular weight excluding hydrogens is 1340 g/mol. The molecule has 0 aliphatic heterocycles. The van der Waals surface area contributed by atoms with Gasteiger partial charge in [-0.3, -0.25) is 32.5 Å². The minimum atomic E-state index is -4.94. The molecule has 18 heteroatoms. The highest BCUT2D eigenvalue weighted by atomic mass is 31.2. The summed E-state index contributed by atoms with van der Waals surface area (Å²) in [5.74, 6) is -1.60. The van der Waals surface area contributed by atoms with Crippen molar-refractivity contribution < 1.29 is 75.8 Å². The first-order chi connectivity index (χ1) is 50.2. The quantitative estimate of drug-likeness (QED) is 0.0146. The molecule has 0 amide bonds. The lowest BCUT2D eigenvalue weighted by Crippen LogP contribution is -2.30. The molecule has 0 saturated carbocycles. The molecule has 0 aromatic heterocycles. The van der Waals surface area contributed by atoms with Crippen molar-refractivity contribution in [3.05, 3.63) is 134 Å². The largest absolute Gasteiger partial charge is 0.472 e. The minimum Gasteiger partial charge on any atom is -0.463 e. The maximum atomic E-state index is 13.0. The number of phosphoric acid groups is 2. The number of hydrogen-bond donors (Lipinski definition) is 4. The van der Waals surface area contributed by atoms with E-state index < -0.39 is 91.5 Å². The normalized spacial score (nSPS) is 14.7. The zero-order chi connectivity index (χ0) is 75.2. The first-order valence-electron chi connectivity index (χ1n) is 40.5. The Morgan fingerprint density at radius 1 is 0.282 bits per heavy atom. The van der Waals surface area contributed by atoms with E-state index >= 15 is 0 Å². The third-order valence-electron chi connectivity index (χ3n) is 16.8. The van der Waals surface area contributed by atoms with E-state index in [1.807, 2.05) is 0 Å². The van der Waals surface area contributed by atoms with Crippen LogP contribution in [0.1, 0.15) is 329 Å². The number of rotatable bonds is 76. The fourth-order valence-corrected chi connectivity index (χ4v) is 12.3. The van der Waals surface area contributed by atoms with Crippen molar-refractivity contribution in [3.8, 4) is 0 Å². The molecule has 0 aromatic rings. The van der Waals surface area contributed by atoms with Gasteiger partial charge in [0.25, 0.3) is 0 Å². The molecule has 103 heavy (non-hydrogen) atoms. The SMILES string of the molecule is CC/C=C\C/C=C\C/C=C\C/C=C\C/C=C\C/C=C\CCCCCCCCCCCCC(=O)OCC(O)COP(=O)(O)OCC(O)COP(=O)(O)OCC(COC(=O)CCCCCCCCC/C=C\C/C=C\C/C=C\C/C=C\CCCCC)OC(=O)CCCCCCC/C=C\CCCCCCCC. The number of hydrogen-bond acceptors (Lipinski definition) is 14. The van der Waals surface area contributed by atoms with Crippen LogP contribution in [0.15, 0.2) is 134 Å². The van der Waals surface area contributed by atoms with E-state index in [1.54, 1.807) is 0 Å². The van der Waals surface area contributed by atoms with Gasteiger partial charge >= 0.3 is 33.6 Å². The number of esters is 3. The van der Waals surface area contributed by atoms with Gasteiger partial charge in [-0.05, 0) is 141 Å². The van der Waals surface area contributed by atoms with Gasteiger partial charge in [0.05, 0.1) is 26.4 Å². The minimum absolute atomic E-state index is 0.0906. The smallest absolute Gasteiger partial charge is 0.463 e. The summed E-state index contributed by atoms with van der Waals surface area (Å²) >= 11 is 0. The molecule has 0 spiro atoms. The predicted molar refractivity (Wildman–Crippen MR) is 426 cm³/mol. The van der Waals surface area contributed by atoms with Crippen LogP contribution in [0.25, 0.3) is 0 Å². The lowest BCUT2D eigenvalue weighted by molar-refractivity contribution is -0.161. The van der Waals surface area contributed by atoms with Crippen LogP contribution in [0.3, 0.4) is 0 Å². The molecule has 5 atom stereocenters. The number of aliphatic hydroxyl groups is 2. The van der Waals surface area contributed by atoms with Gasteiger partial charge < -0.3 is 34.2 Å². The summed E-state index contributed by atoms with van der Waals surface area (Å²) in [6.07, 6.45) is 93.5. The van der Waals surface area contributed by atoms with Crippen LogP contribution in [0.4, 0.5) is 0 Å². The second-order valence-corrected chi connectivity index (χ2v) is 29.7. The molecule has 592 valence electrons. The molecule has 0 rings (SSSR count). The van der Waals surface area contributed by atoms with Gasteiger partial charge in [0.1, 0.15) is 25.4 Å². The molecule has 0 fully saturated rings. The van der Waals surface area contributed by atoms with Crippen LogP contribution in [0, 0.1) is 0 Å². The van der Waals surface area contributed by atoms with E-state index in [-0.39, 0.29) is 19.3 Å². The van der Waals surface area contributed by atoms with Crippen LogP contribution < -0.4 is 0 Å². The molecular formula is C85H146O16P2. The Kier molecular flexibility index (Phi) is 74.1. The average molecular weight is 1490 g/mol. The van der Waals surface area contributed by atoms with Crippen molar-refractivity contribution in [1.82, 2.24) is 0 Å². The topological polar surface area (TPSA) is 231 Å². The van der Waals surface area contributed by atoms with Crippen molar-refractivity contribution in [3.63, 3.8) is 0 Å². The number of carbonyl (C=O) groups excluding carboxylic acids is 3. The summed E-state index contributed by atoms with van der Waals surface area (Å²) in [5.41, 5.74) is 0. The summed E-state index contributed by atoms with van der Waals surface area (Å²) < 4.78 is 61.2. The molecule has 0 saturated heterocycles. The van der Waals surface area contributed by atoms with E-state index in [0.717, 1.165) is 173 Å². The molecule has 0 aromatic carbocycles. The van der Waals surface area contributed by atoms with E-state index in [0.29, 0.717) is 19.3 Å². The van der Waals surface area contributed by atoms with E-state index in [9.17, 15) is 43.5 Å². The summed E-state index contributed by atoms with van der Waals surface area (Å²) in [5, 5.41) is 20.6.